The molecule has 1 aromatic heterocycles. The molecule has 2 aromatic rings. The molecule has 1 aliphatic heterocycles. The van der Waals surface area contributed by atoms with Crippen molar-refractivity contribution in [3.05, 3.63) is 58.4 Å². The van der Waals surface area contributed by atoms with Gasteiger partial charge in [0, 0.05) is 31.4 Å². The lowest BCUT2D eigenvalue weighted by Crippen LogP contribution is -2.49. The predicted molar refractivity (Wildman–Crippen MR) is 118 cm³/mol. The summed E-state index contributed by atoms with van der Waals surface area (Å²) in [5.41, 5.74) is 3.67. The third-order valence-corrected chi connectivity index (χ3v) is 6.03. The molecule has 0 bridgehead atoms. The summed E-state index contributed by atoms with van der Waals surface area (Å²) >= 11 is 0. The van der Waals surface area contributed by atoms with Crippen molar-refractivity contribution in [2.24, 2.45) is 0 Å². The molecule has 1 N–H and O–H groups in total. The number of hydrogen-bond acceptors (Lipinski definition) is 4. The van der Waals surface area contributed by atoms with Gasteiger partial charge in [-0.05, 0) is 58.2 Å². The maximum Gasteiger partial charge on any atom is 0.340 e. The zero-order chi connectivity index (χ0) is 21.7. The van der Waals surface area contributed by atoms with Crippen LogP contribution in [0.15, 0.2) is 30.3 Å². The summed E-state index contributed by atoms with van der Waals surface area (Å²) in [6.07, 6.45) is 3.07. The maximum absolute atomic E-state index is 13.2. The number of carbonyl (C=O) groups is 2. The van der Waals surface area contributed by atoms with Crippen molar-refractivity contribution in [2.75, 3.05) is 33.3 Å². The van der Waals surface area contributed by atoms with Gasteiger partial charge in [-0.1, -0.05) is 30.3 Å². The highest BCUT2D eigenvalue weighted by Gasteiger charge is 2.30. The number of rotatable bonds is 7. The number of aryl methyl sites for hydroxylation is 1. The molecular weight excluding hydrogens is 378 g/mol. The van der Waals surface area contributed by atoms with E-state index >= 15 is 0 Å². The first-order valence-corrected chi connectivity index (χ1v) is 10.8. The average molecular weight is 412 g/mol. The summed E-state index contributed by atoms with van der Waals surface area (Å²) in [7, 11) is 2.14. The molecule has 3 rings (SSSR count). The molecule has 30 heavy (non-hydrogen) atoms. The molecule has 1 atom stereocenters. The first-order valence-electron chi connectivity index (χ1n) is 10.8. The summed E-state index contributed by atoms with van der Waals surface area (Å²) in [4.78, 5) is 32.9. The SMILES string of the molecule is CCOC(=O)c1c(C)[nH]c(C(=O)N2CCC[C@H](N(C)CCc3ccccc3)C2)c1C. The lowest BCUT2D eigenvalue weighted by Gasteiger charge is -2.37. The third kappa shape index (κ3) is 4.93. The number of esters is 1. The van der Waals surface area contributed by atoms with E-state index in [4.69, 9.17) is 4.74 Å². The van der Waals surface area contributed by atoms with Crippen LogP contribution in [0.5, 0.6) is 0 Å². The van der Waals surface area contributed by atoms with Crippen molar-refractivity contribution >= 4 is 11.9 Å². The van der Waals surface area contributed by atoms with Crippen LogP contribution >= 0.6 is 0 Å². The van der Waals surface area contributed by atoms with Gasteiger partial charge in [-0.2, -0.15) is 0 Å². The Morgan fingerprint density at radius 1 is 1.23 bits per heavy atom. The van der Waals surface area contributed by atoms with Crippen LogP contribution in [-0.2, 0) is 11.2 Å². The Hall–Kier alpha value is -2.60. The monoisotopic (exact) mass is 411 g/mol. The Balaban J connectivity index is 1.65. The van der Waals surface area contributed by atoms with Crippen molar-refractivity contribution in [1.82, 2.24) is 14.8 Å². The van der Waals surface area contributed by atoms with E-state index in [1.165, 1.54) is 5.56 Å². The summed E-state index contributed by atoms with van der Waals surface area (Å²) in [5, 5.41) is 0. The molecule has 0 spiro atoms. The summed E-state index contributed by atoms with van der Waals surface area (Å²) in [5.74, 6) is -0.410. The fraction of sp³-hybridized carbons (Fsp3) is 0.500. The van der Waals surface area contributed by atoms with Gasteiger partial charge in [-0.3, -0.25) is 4.79 Å². The molecule has 0 saturated carbocycles. The number of aromatic amines is 1. The number of nitrogens with one attached hydrogen (secondary N) is 1. The van der Waals surface area contributed by atoms with Crippen LogP contribution in [0.4, 0.5) is 0 Å². The molecule has 0 radical (unpaired) electrons. The molecule has 1 saturated heterocycles. The Morgan fingerprint density at radius 3 is 2.67 bits per heavy atom. The van der Waals surface area contributed by atoms with Crippen LogP contribution in [0.25, 0.3) is 0 Å². The number of likely N-dealkylation sites (N-methyl/N-ethyl adjacent to an activating group) is 1. The van der Waals surface area contributed by atoms with E-state index in [0.717, 1.165) is 32.4 Å². The molecule has 1 amide bonds. The number of hydrogen-bond donors (Lipinski definition) is 1. The van der Waals surface area contributed by atoms with Crippen LogP contribution < -0.4 is 0 Å². The van der Waals surface area contributed by atoms with E-state index in [2.05, 4.69) is 41.2 Å². The van der Waals surface area contributed by atoms with Crippen LogP contribution in [0.2, 0.25) is 0 Å². The van der Waals surface area contributed by atoms with E-state index in [1.807, 2.05) is 24.8 Å². The van der Waals surface area contributed by atoms with E-state index in [1.54, 1.807) is 6.92 Å². The van der Waals surface area contributed by atoms with Gasteiger partial charge in [0.25, 0.3) is 5.91 Å². The summed E-state index contributed by atoms with van der Waals surface area (Å²) < 4.78 is 5.15. The van der Waals surface area contributed by atoms with Crippen LogP contribution in [0.3, 0.4) is 0 Å². The fourth-order valence-corrected chi connectivity index (χ4v) is 4.26. The van der Waals surface area contributed by atoms with E-state index in [9.17, 15) is 9.59 Å². The lowest BCUT2D eigenvalue weighted by atomic mass is 10.0. The molecular formula is C24H33N3O3. The number of carbonyl (C=O) groups excluding carboxylic acids is 2. The molecule has 2 heterocycles. The number of H-pyrrole nitrogens is 1. The highest BCUT2D eigenvalue weighted by molar-refractivity contribution is 6.00. The highest BCUT2D eigenvalue weighted by atomic mass is 16.5. The second-order valence-electron chi connectivity index (χ2n) is 8.11. The minimum absolute atomic E-state index is 0.0349. The topological polar surface area (TPSA) is 65.6 Å². The zero-order valence-corrected chi connectivity index (χ0v) is 18.5. The van der Waals surface area contributed by atoms with Gasteiger partial charge in [-0.25, -0.2) is 4.79 Å². The molecule has 1 aromatic carbocycles. The second kappa shape index (κ2) is 9.94. The van der Waals surface area contributed by atoms with Crippen molar-refractivity contribution in [3.8, 4) is 0 Å². The second-order valence-corrected chi connectivity index (χ2v) is 8.11. The predicted octanol–water partition coefficient (Wildman–Crippen LogP) is 3.59. The Labute approximate surface area is 179 Å². The van der Waals surface area contributed by atoms with Crippen LogP contribution in [0.1, 0.15) is 57.4 Å². The fourth-order valence-electron chi connectivity index (χ4n) is 4.26. The average Bonchev–Trinajstić information content (AvgIpc) is 3.06. The normalized spacial score (nSPS) is 16.7. The Morgan fingerprint density at radius 2 is 1.97 bits per heavy atom. The molecule has 162 valence electrons. The molecule has 1 aliphatic rings. The molecule has 6 nitrogen and oxygen atoms in total. The van der Waals surface area contributed by atoms with Gasteiger partial charge in [0.15, 0.2) is 0 Å². The zero-order valence-electron chi connectivity index (χ0n) is 18.5. The lowest BCUT2D eigenvalue weighted by molar-refractivity contribution is 0.0525. The summed E-state index contributed by atoms with van der Waals surface area (Å²) in [6.45, 7) is 8.14. The minimum atomic E-state index is -0.375. The van der Waals surface area contributed by atoms with Gasteiger partial charge in [0.05, 0.1) is 12.2 Å². The van der Waals surface area contributed by atoms with Crippen molar-refractivity contribution < 1.29 is 14.3 Å². The number of piperidine rings is 1. The highest BCUT2D eigenvalue weighted by Crippen LogP contribution is 2.23. The number of aromatic nitrogens is 1. The number of ether oxygens (including phenoxy) is 1. The molecule has 1 fully saturated rings. The minimum Gasteiger partial charge on any atom is -0.462 e. The molecule has 0 unspecified atom stereocenters. The number of nitrogens with zero attached hydrogens (tertiary/aromatic N) is 2. The van der Waals surface area contributed by atoms with Crippen molar-refractivity contribution in [1.29, 1.82) is 0 Å². The van der Waals surface area contributed by atoms with E-state index in [-0.39, 0.29) is 11.9 Å². The van der Waals surface area contributed by atoms with Gasteiger partial charge >= 0.3 is 5.97 Å². The van der Waals surface area contributed by atoms with Crippen molar-refractivity contribution in [3.63, 3.8) is 0 Å². The van der Waals surface area contributed by atoms with Gasteiger partial charge in [0.1, 0.15) is 5.69 Å². The standard InChI is InChI=1S/C24H33N3O3/c1-5-30-24(29)21-17(2)22(25-18(21)3)23(28)27-14-9-12-20(16-27)26(4)15-13-19-10-7-6-8-11-19/h6-8,10-11,20,25H,5,9,12-16H2,1-4H3/t20-/m0/s1. The quantitative estimate of drug-likeness (QED) is 0.707. The Bertz CT molecular complexity index is 875. The van der Waals surface area contributed by atoms with Gasteiger partial charge in [-0.15, -0.1) is 0 Å². The molecule has 0 aliphatic carbocycles. The van der Waals surface area contributed by atoms with E-state index in [0.29, 0.717) is 41.7 Å². The van der Waals surface area contributed by atoms with Gasteiger partial charge < -0.3 is 19.5 Å². The largest absolute Gasteiger partial charge is 0.462 e. The van der Waals surface area contributed by atoms with Crippen molar-refractivity contribution in [2.45, 2.75) is 46.1 Å². The smallest absolute Gasteiger partial charge is 0.340 e. The van der Waals surface area contributed by atoms with Gasteiger partial charge in [0.2, 0.25) is 0 Å². The first kappa shape index (κ1) is 22.1. The third-order valence-electron chi connectivity index (χ3n) is 6.03. The van der Waals surface area contributed by atoms with Crippen LogP contribution in [-0.4, -0.2) is 66.0 Å². The number of likely N-dealkylation sites (tertiary alicyclic amines) is 1. The first-order chi connectivity index (χ1) is 14.4. The number of benzene rings is 1. The van der Waals surface area contributed by atoms with Crippen LogP contribution in [0, 0.1) is 13.8 Å². The summed E-state index contributed by atoms with van der Waals surface area (Å²) in [6, 6.07) is 10.8. The van der Waals surface area contributed by atoms with E-state index < -0.39 is 0 Å². The number of amides is 1. The maximum atomic E-state index is 13.2. The molecule has 6 heteroatoms. The Kier molecular flexibility index (Phi) is 7.32.